The fourth-order valence-electron chi connectivity index (χ4n) is 3.70. The highest BCUT2D eigenvalue weighted by molar-refractivity contribution is 6.03. The van der Waals surface area contributed by atoms with Gasteiger partial charge < -0.3 is 23.9 Å². The number of hydrogen-bond donors (Lipinski definition) is 1. The van der Waals surface area contributed by atoms with Crippen LogP contribution in [0.25, 0.3) is 11.1 Å². The van der Waals surface area contributed by atoms with Gasteiger partial charge in [-0.25, -0.2) is 4.98 Å². The number of ether oxygens (including phenoxy) is 1. The summed E-state index contributed by atoms with van der Waals surface area (Å²) in [7, 11) is 1.74. The molecule has 0 unspecified atom stereocenters. The van der Waals surface area contributed by atoms with E-state index in [-0.39, 0.29) is 17.2 Å². The van der Waals surface area contributed by atoms with E-state index >= 15 is 0 Å². The summed E-state index contributed by atoms with van der Waals surface area (Å²) in [6, 6.07) is 3.74. The summed E-state index contributed by atoms with van der Waals surface area (Å²) in [5.41, 5.74) is 3.82. The quantitative estimate of drug-likeness (QED) is 0.688. The molecule has 0 bridgehead atoms. The van der Waals surface area contributed by atoms with Crippen molar-refractivity contribution in [1.82, 2.24) is 14.5 Å². The molecule has 31 heavy (non-hydrogen) atoms. The molecule has 1 fully saturated rings. The van der Waals surface area contributed by atoms with Gasteiger partial charge in [-0.3, -0.25) is 14.6 Å². The number of nitrogens with one attached hydrogen (secondary N) is 1. The van der Waals surface area contributed by atoms with E-state index in [2.05, 4.69) is 15.3 Å². The second kappa shape index (κ2) is 8.35. The summed E-state index contributed by atoms with van der Waals surface area (Å²) in [5.74, 6) is 0.537. The first-order chi connectivity index (χ1) is 14.8. The van der Waals surface area contributed by atoms with Crippen molar-refractivity contribution in [3.63, 3.8) is 0 Å². The summed E-state index contributed by atoms with van der Waals surface area (Å²) >= 11 is 0. The van der Waals surface area contributed by atoms with Crippen LogP contribution in [0.5, 0.6) is 0 Å². The van der Waals surface area contributed by atoms with Crippen LogP contribution in [0, 0.1) is 20.8 Å². The van der Waals surface area contributed by atoms with Gasteiger partial charge in [0, 0.05) is 50.1 Å². The molecule has 1 aliphatic heterocycles. The monoisotopic (exact) mass is 423 g/mol. The number of oxazole rings is 1. The first kappa shape index (κ1) is 20.8. The minimum absolute atomic E-state index is 0.0578. The zero-order valence-corrected chi connectivity index (χ0v) is 18.1. The van der Waals surface area contributed by atoms with E-state index in [4.69, 9.17) is 9.15 Å². The van der Waals surface area contributed by atoms with Crippen LogP contribution >= 0.6 is 0 Å². The van der Waals surface area contributed by atoms with Crippen LogP contribution in [-0.2, 0) is 11.8 Å². The molecule has 4 rings (SSSR count). The fraction of sp³-hybridized carbons (Fsp3) is 0.364. The zero-order chi connectivity index (χ0) is 22.1. The van der Waals surface area contributed by atoms with Crippen molar-refractivity contribution >= 4 is 17.3 Å². The van der Waals surface area contributed by atoms with Gasteiger partial charge in [-0.15, -0.1) is 0 Å². The second-order valence-electron chi connectivity index (χ2n) is 7.58. The number of nitrogens with zero attached hydrogens (tertiary/aromatic N) is 4. The van der Waals surface area contributed by atoms with Crippen molar-refractivity contribution in [2.45, 2.75) is 20.8 Å². The molecule has 3 aromatic rings. The van der Waals surface area contributed by atoms with E-state index < -0.39 is 0 Å². The highest BCUT2D eigenvalue weighted by Gasteiger charge is 2.19. The van der Waals surface area contributed by atoms with E-state index in [0.717, 1.165) is 16.8 Å². The normalized spacial score (nSPS) is 14.0. The molecule has 0 aromatic carbocycles. The highest BCUT2D eigenvalue weighted by Crippen LogP contribution is 2.27. The second-order valence-corrected chi connectivity index (χ2v) is 7.58. The minimum Gasteiger partial charge on any atom is -0.445 e. The largest absolute Gasteiger partial charge is 0.445 e. The number of rotatable bonds is 4. The SMILES string of the molecule is Cc1nc(C(=O)Nc2cnc(C)c(-c3cc(N4CCOCC4)c(=O)n(C)c3)c2)c(C)o1. The maximum Gasteiger partial charge on any atom is 0.277 e. The van der Waals surface area contributed by atoms with Gasteiger partial charge in [-0.1, -0.05) is 0 Å². The average Bonchev–Trinajstić information content (AvgIpc) is 3.10. The topological polar surface area (TPSA) is 102 Å². The molecule has 3 aromatic heterocycles. The molecule has 0 radical (unpaired) electrons. The van der Waals surface area contributed by atoms with Crippen LogP contribution in [0.3, 0.4) is 0 Å². The summed E-state index contributed by atoms with van der Waals surface area (Å²) in [4.78, 5) is 36.0. The van der Waals surface area contributed by atoms with Crippen LogP contribution < -0.4 is 15.8 Å². The van der Waals surface area contributed by atoms with Gasteiger partial charge in [0.25, 0.3) is 11.5 Å². The van der Waals surface area contributed by atoms with Gasteiger partial charge in [-0.2, -0.15) is 0 Å². The van der Waals surface area contributed by atoms with Crippen molar-refractivity contribution < 1.29 is 13.9 Å². The standard InChI is InChI=1S/C22H25N5O4/c1-13-18(10-17(11-23-13)25-21(28)20-14(2)31-15(3)24-20)16-9-19(22(29)26(4)12-16)27-5-7-30-8-6-27/h9-12H,5-8H2,1-4H3,(H,25,28). The Morgan fingerprint density at radius 1 is 1.16 bits per heavy atom. The lowest BCUT2D eigenvalue weighted by atomic mass is 10.0. The molecule has 1 saturated heterocycles. The molecule has 9 nitrogen and oxygen atoms in total. The van der Waals surface area contributed by atoms with Crippen molar-refractivity contribution in [1.29, 1.82) is 0 Å². The number of aryl methyl sites for hydroxylation is 4. The molecule has 0 aliphatic carbocycles. The Bertz CT molecular complexity index is 1190. The van der Waals surface area contributed by atoms with Crippen LogP contribution in [0.2, 0.25) is 0 Å². The van der Waals surface area contributed by atoms with Crippen LogP contribution in [0.15, 0.2) is 33.7 Å². The summed E-state index contributed by atoms with van der Waals surface area (Å²) in [6.07, 6.45) is 3.39. The van der Waals surface area contributed by atoms with Gasteiger partial charge in [0.1, 0.15) is 11.4 Å². The summed E-state index contributed by atoms with van der Waals surface area (Å²) in [6.45, 7) is 7.82. The molecule has 1 amide bonds. The molecular weight excluding hydrogens is 398 g/mol. The lowest BCUT2D eigenvalue weighted by Gasteiger charge is -2.28. The number of amides is 1. The molecular formula is C22H25N5O4. The summed E-state index contributed by atoms with van der Waals surface area (Å²) < 4.78 is 12.3. The Morgan fingerprint density at radius 2 is 1.90 bits per heavy atom. The zero-order valence-electron chi connectivity index (χ0n) is 18.1. The molecule has 1 aliphatic rings. The Hall–Kier alpha value is -3.46. The predicted molar refractivity (Wildman–Crippen MR) is 117 cm³/mol. The molecule has 4 heterocycles. The van der Waals surface area contributed by atoms with E-state index in [1.54, 1.807) is 37.9 Å². The number of carbonyl (C=O) groups excluding carboxylic acids is 1. The van der Waals surface area contributed by atoms with E-state index in [1.165, 1.54) is 0 Å². The van der Waals surface area contributed by atoms with Gasteiger partial charge in [0.05, 0.1) is 25.1 Å². The van der Waals surface area contributed by atoms with Crippen molar-refractivity contribution in [2.24, 2.45) is 7.05 Å². The molecule has 1 N–H and O–H groups in total. The maximum atomic E-state index is 12.7. The molecule has 162 valence electrons. The smallest absolute Gasteiger partial charge is 0.277 e. The molecule has 0 saturated carbocycles. The van der Waals surface area contributed by atoms with Crippen molar-refractivity contribution in [3.8, 4) is 11.1 Å². The number of morpholine rings is 1. The maximum absolute atomic E-state index is 12.7. The number of aromatic nitrogens is 3. The van der Waals surface area contributed by atoms with Crippen molar-refractivity contribution in [3.05, 3.63) is 57.9 Å². The Balaban J connectivity index is 1.68. The number of carbonyl (C=O) groups is 1. The van der Waals surface area contributed by atoms with E-state index in [0.29, 0.717) is 49.3 Å². The van der Waals surface area contributed by atoms with Gasteiger partial charge >= 0.3 is 0 Å². The summed E-state index contributed by atoms with van der Waals surface area (Å²) in [5, 5.41) is 2.83. The lowest BCUT2D eigenvalue weighted by molar-refractivity contribution is 0.102. The van der Waals surface area contributed by atoms with Crippen LogP contribution in [0.1, 0.15) is 27.8 Å². The van der Waals surface area contributed by atoms with Crippen molar-refractivity contribution in [2.75, 3.05) is 36.5 Å². The van der Waals surface area contributed by atoms with Crippen LogP contribution in [-0.4, -0.2) is 46.7 Å². The molecule has 9 heteroatoms. The predicted octanol–water partition coefficient (Wildman–Crippen LogP) is 2.45. The third kappa shape index (κ3) is 4.22. The first-order valence-corrected chi connectivity index (χ1v) is 10.1. The Labute approximate surface area is 179 Å². The highest BCUT2D eigenvalue weighted by atomic mass is 16.5. The van der Waals surface area contributed by atoms with Gasteiger partial charge in [0.2, 0.25) is 0 Å². The lowest BCUT2D eigenvalue weighted by Crippen LogP contribution is -2.40. The minimum atomic E-state index is -0.361. The molecule has 0 spiro atoms. The fourth-order valence-corrected chi connectivity index (χ4v) is 3.70. The van der Waals surface area contributed by atoms with E-state index in [9.17, 15) is 9.59 Å². The molecule has 0 atom stereocenters. The first-order valence-electron chi connectivity index (χ1n) is 10.1. The van der Waals surface area contributed by atoms with E-state index in [1.807, 2.05) is 24.0 Å². The number of anilines is 2. The number of hydrogen-bond acceptors (Lipinski definition) is 7. The third-order valence-electron chi connectivity index (χ3n) is 5.29. The average molecular weight is 423 g/mol. The van der Waals surface area contributed by atoms with Gasteiger partial charge in [-0.05, 0) is 26.0 Å². The Morgan fingerprint density at radius 3 is 2.58 bits per heavy atom. The Kier molecular flexibility index (Phi) is 5.60. The number of pyridine rings is 2. The van der Waals surface area contributed by atoms with Crippen LogP contribution in [0.4, 0.5) is 11.4 Å². The van der Waals surface area contributed by atoms with Gasteiger partial charge in [0.15, 0.2) is 11.6 Å². The third-order valence-corrected chi connectivity index (χ3v) is 5.29.